The fraction of sp³-hybridized carbons (Fsp3) is 0.476. The van der Waals surface area contributed by atoms with E-state index in [1.165, 1.54) is 12.1 Å². The van der Waals surface area contributed by atoms with Crippen LogP contribution in [0, 0.1) is 23.2 Å². The molecule has 8 N–H and O–H groups in total. The highest BCUT2D eigenvalue weighted by Gasteiger charge is 2.71. The number of carbonyl (C=O) groups is 5. The van der Waals surface area contributed by atoms with Crippen molar-refractivity contribution >= 4 is 34.7 Å². The SMILES string of the molecule is CCC12Cc3c(N)ccc(O)c3C(=O)C1C(=O)C1(O)C(=O)C(C(N)=O)C(=O)C(N)C1C2. The third kappa shape index (κ3) is 2.42. The molecule has 3 aliphatic rings. The molecule has 0 radical (unpaired) electrons. The molecule has 0 spiro atoms. The third-order valence-electron chi connectivity index (χ3n) is 7.45. The first-order valence-electron chi connectivity index (χ1n) is 9.96. The second-order valence-electron chi connectivity index (χ2n) is 8.79. The monoisotopic (exact) mass is 429 g/mol. The van der Waals surface area contributed by atoms with Gasteiger partial charge in [0.1, 0.15) is 5.75 Å². The van der Waals surface area contributed by atoms with Gasteiger partial charge in [-0.15, -0.1) is 0 Å². The number of benzene rings is 1. The smallest absolute Gasteiger partial charge is 0.235 e. The Morgan fingerprint density at radius 1 is 1.19 bits per heavy atom. The molecule has 1 aromatic rings. The Labute approximate surface area is 176 Å². The average Bonchev–Trinajstić information content (AvgIpc) is 2.71. The Kier molecular flexibility index (Phi) is 4.39. The van der Waals surface area contributed by atoms with E-state index in [-0.39, 0.29) is 36.3 Å². The van der Waals surface area contributed by atoms with E-state index in [0.29, 0.717) is 5.56 Å². The van der Waals surface area contributed by atoms with E-state index >= 15 is 0 Å². The minimum Gasteiger partial charge on any atom is -0.507 e. The van der Waals surface area contributed by atoms with Crippen LogP contribution in [0.2, 0.25) is 0 Å². The maximum Gasteiger partial charge on any atom is 0.235 e. The van der Waals surface area contributed by atoms with E-state index in [1.54, 1.807) is 6.92 Å². The molecule has 164 valence electrons. The molecule has 10 nitrogen and oxygen atoms in total. The van der Waals surface area contributed by atoms with Crippen molar-refractivity contribution in [3.05, 3.63) is 23.3 Å². The van der Waals surface area contributed by atoms with E-state index < -0.39 is 63.9 Å². The van der Waals surface area contributed by atoms with Gasteiger partial charge in [-0.25, -0.2) is 0 Å². The van der Waals surface area contributed by atoms with Crippen LogP contribution in [-0.2, 0) is 25.6 Å². The lowest BCUT2D eigenvalue weighted by Crippen LogP contribution is -2.75. The van der Waals surface area contributed by atoms with Crippen molar-refractivity contribution in [2.24, 2.45) is 34.6 Å². The predicted octanol–water partition coefficient (Wildman–Crippen LogP) is -1.37. The number of phenolic OH excluding ortho intramolecular Hbond substituents is 1. The van der Waals surface area contributed by atoms with Crippen LogP contribution in [0.25, 0.3) is 0 Å². The molecule has 2 saturated carbocycles. The quantitative estimate of drug-likeness (QED) is 0.213. The van der Waals surface area contributed by atoms with E-state index in [0.717, 1.165) is 0 Å². The van der Waals surface area contributed by atoms with Crippen LogP contribution in [0.15, 0.2) is 12.1 Å². The second-order valence-corrected chi connectivity index (χ2v) is 8.79. The number of Topliss-reactive ketones (excluding diaryl/α,β-unsaturated/α-hetero) is 4. The first kappa shape index (κ1) is 21.1. The summed E-state index contributed by atoms with van der Waals surface area (Å²) in [6.45, 7) is 1.74. The Morgan fingerprint density at radius 2 is 1.84 bits per heavy atom. The summed E-state index contributed by atoms with van der Waals surface area (Å²) in [4.78, 5) is 64.4. The van der Waals surface area contributed by atoms with Crippen LogP contribution in [-0.4, -0.2) is 50.9 Å². The number of ketones is 4. The molecule has 0 aromatic heterocycles. The number of hydrogen-bond donors (Lipinski definition) is 5. The van der Waals surface area contributed by atoms with Crippen LogP contribution < -0.4 is 17.2 Å². The summed E-state index contributed by atoms with van der Waals surface area (Å²) in [5.74, 6) is -10.7. The Balaban J connectivity index is 1.94. The molecule has 31 heavy (non-hydrogen) atoms. The minimum atomic E-state index is -2.81. The highest BCUT2D eigenvalue weighted by molar-refractivity contribution is 6.32. The number of phenols is 1. The summed E-state index contributed by atoms with van der Waals surface area (Å²) >= 11 is 0. The van der Waals surface area contributed by atoms with Crippen LogP contribution in [0.3, 0.4) is 0 Å². The molecule has 1 aromatic carbocycles. The summed E-state index contributed by atoms with van der Waals surface area (Å²) < 4.78 is 0. The summed E-state index contributed by atoms with van der Waals surface area (Å²) in [5, 5.41) is 21.6. The molecular weight excluding hydrogens is 406 g/mol. The molecule has 0 saturated heterocycles. The van der Waals surface area contributed by atoms with Crippen molar-refractivity contribution < 1.29 is 34.2 Å². The number of anilines is 1. The van der Waals surface area contributed by atoms with Crippen molar-refractivity contribution in [3.63, 3.8) is 0 Å². The van der Waals surface area contributed by atoms with Crippen LogP contribution in [0.5, 0.6) is 5.75 Å². The number of hydrogen-bond acceptors (Lipinski definition) is 9. The Morgan fingerprint density at radius 3 is 2.42 bits per heavy atom. The zero-order valence-electron chi connectivity index (χ0n) is 16.8. The molecule has 2 fully saturated rings. The van der Waals surface area contributed by atoms with Gasteiger partial charge in [0, 0.05) is 11.6 Å². The third-order valence-corrected chi connectivity index (χ3v) is 7.45. The van der Waals surface area contributed by atoms with Crippen LogP contribution in [0.4, 0.5) is 5.69 Å². The molecule has 0 bridgehead atoms. The van der Waals surface area contributed by atoms with E-state index in [4.69, 9.17) is 17.2 Å². The molecule has 6 unspecified atom stereocenters. The molecule has 1 amide bonds. The molecule has 6 atom stereocenters. The van der Waals surface area contributed by atoms with Crippen molar-refractivity contribution in [2.45, 2.75) is 37.8 Å². The summed E-state index contributed by atoms with van der Waals surface area (Å²) in [6.07, 6.45) is 0.299. The zero-order chi connectivity index (χ0) is 23.0. The van der Waals surface area contributed by atoms with Gasteiger partial charge in [-0.2, -0.15) is 0 Å². The largest absolute Gasteiger partial charge is 0.507 e. The van der Waals surface area contributed by atoms with Gasteiger partial charge >= 0.3 is 0 Å². The molecule has 4 rings (SSSR count). The summed E-state index contributed by atoms with van der Waals surface area (Å²) in [5.41, 5.74) is 13.9. The van der Waals surface area contributed by atoms with Crippen LogP contribution in [0.1, 0.15) is 35.7 Å². The number of rotatable bonds is 2. The fourth-order valence-corrected chi connectivity index (χ4v) is 5.74. The lowest BCUT2D eigenvalue weighted by molar-refractivity contribution is -0.182. The lowest BCUT2D eigenvalue weighted by Gasteiger charge is -2.56. The number of primary amides is 1. The van der Waals surface area contributed by atoms with Gasteiger partial charge in [0.05, 0.1) is 17.5 Å². The average molecular weight is 429 g/mol. The molecule has 0 aliphatic heterocycles. The van der Waals surface area contributed by atoms with Crippen LogP contribution >= 0.6 is 0 Å². The van der Waals surface area contributed by atoms with E-state index in [1.807, 2.05) is 0 Å². The number of aromatic hydroxyl groups is 1. The lowest BCUT2D eigenvalue weighted by atomic mass is 9.46. The second kappa shape index (κ2) is 6.44. The molecule has 0 heterocycles. The van der Waals surface area contributed by atoms with Gasteiger partial charge in [0.25, 0.3) is 0 Å². The van der Waals surface area contributed by atoms with Gasteiger partial charge < -0.3 is 27.4 Å². The zero-order valence-corrected chi connectivity index (χ0v) is 16.8. The van der Waals surface area contributed by atoms with Crippen molar-refractivity contribution in [1.82, 2.24) is 0 Å². The number of fused-ring (bicyclic) bond motifs is 3. The highest BCUT2D eigenvalue weighted by atomic mass is 16.3. The number of carbonyl (C=O) groups excluding carboxylic acids is 5. The van der Waals surface area contributed by atoms with Gasteiger partial charge in [0.2, 0.25) is 5.91 Å². The number of amides is 1. The van der Waals surface area contributed by atoms with Gasteiger partial charge in [-0.3, -0.25) is 24.0 Å². The first-order chi connectivity index (χ1) is 14.4. The topological polar surface area (TPSA) is 204 Å². The molecule has 10 heteroatoms. The standard InChI is InChI=1S/C21H23N3O7/c1-2-20-5-7-9(22)3-4-10(25)11(7)15(26)13(20)18(29)21(31)8(6-20)14(23)16(27)12(17(21)28)19(24)30/h3-4,8,12-14,25,31H,2,5-6,22-23H2,1H3,(H2,24,30). The Hall–Kier alpha value is -3.11. The van der Waals surface area contributed by atoms with Crippen molar-refractivity contribution in [1.29, 1.82) is 0 Å². The minimum absolute atomic E-state index is 0.0964. The molecular formula is C21H23N3O7. The maximum absolute atomic E-state index is 13.6. The Bertz CT molecular complexity index is 1080. The predicted molar refractivity (Wildman–Crippen MR) is 106 cm³/mol. The van der Waals surface area contributed by atoms with Gasteiger partial charge in [-0.05, 0) is 42.4 Å². The first-order valence-corrected chi connectivity index (χ1v) is 9.96. The number of nitrogens with two attached hydrogens (primary N) is 3. The van der Waals surface area contributed by atoms with Crippen molar-refractivity contribution in [3.8, 4) is 5.75 Å². The maximum atomic E-state index is 13.6. The summed E-state index contributed by atoms with van der Waals surface area (Å²) in [7, 11) is 0. The van der Waals surface area contributed by atoms with Crippen molar-refractivity contribution in [2.75, 3.05) is 5.73 Å². The van der Waals surface area contributed by atoms with E-state index in [2.05, 4.69) is 0 Å². The van der Waals surface area contributed by atoms with Gasteiger partial charge in [-0.1, -0.05) is 6.92 Å². The highest BCUT2D eigenvalue weighted by Crippen LogP contribution is 2.57. The number of aliphatic hydroxyl groups is 1. The number of nitrogen functional groups attached to an aromatic ring is 1. The van der Waals surface area contributed by atoms with E-state index in [9.17, 15) is 34.2 Å². The summed E-state index contributed by atoms with van der Waals surface area (Å²) in [6, 6.07) is 1.19. The fourth-order valence-electron chi connectivity index (χ4n) is 5.74. The van der Waals surface area contributed by atoms with Gasteiger partial charge in [0.15, 0.2) is 34.7 Å². The molecule has 3 aliphatic carbocycles. The normalized spacial score (nSPS) is 37.1.